The monoisotopic (exact) mass is 240 g/mol. The summed E-state index contributed by atoms with van der Waals surface area (Å²) < 4.78 is 5.19. The van der Waals surface area contributed by atoms with Gasteiger partial charge in [-0.3, -0.25) is 5.43 Å². The van der Waals surface area contributed by atoms with Crippen molar-refractivity contribution in [1.29, 1.82) is 0 Å². The summed E-state index contributed by atoms with van der Waals surface area (Å²) >= 11 is 0. The normalized spacial score (nSPS) is 13.0. The number of hydrogen-bond donors (Lipinski definition) is 1. The molecule has 0 aliphatic heterocycles. The highest BCUT2D eigenvalue weighted by atomic mass is 16.6. The second kappa shape index (κ2) is 7.12. The number of rotatable bonds is 6. The first kappa shape index (κ1) is 15.7. The quantitative estimate of drug-likeness (QED) is 0.573. The first-order valence-corrected chi connectivity index (χ1v) is 5.80. The molecule has 17 heavy (non-hydrogen) atoms. The lowest BCUT2D eigenvalue weighted by molar-refractivity contribution is 0.0297. The third-order valence-corrected chi connectivity index (χ3v) is 2.04. The van der Waals surface area contributed by atoms with Gasteiger partial charge >= 0.3 is 6.09 Å². The van der Waals surface area contributed by atoms with Gasteiger partial charge in [0.05, 0.1) is 0 Å². The molecule has 0 unspecified atom stereocenters. The molecule has 4 nitrogen and oxygen atoms in total. The molecule has 4 heteroatoms. The molecule has 1 atom stereocenters. The average Bonchev–Trinajstić information content (AvgIpc) is 2.20. The highest BCUT2D eigenvalue weighted by molar-refractivity contribution is 5.67. The molecule has 98 valence electrons. The molecule has 0 saturated heterocycles. The van der Waals surface area contributed by atoms with E-state index in [0.29, 0.717) is 6.54 Å². The van der Waals surface area contributed by atoms with E-state index in [1.54, 1.807) is 17.2 Å². The third-order valence-electron chi connectivity index (χ3n) is 2.04. The van der Waals surface area contributed by atoms with Crippen molar-refractivity contribution < 1.29 is 9.53 Å². The lowest BCUT2D eigenvalue weighted by Crippen LogP contribution is -2.48. The number of nitrogens with one attached hydrogen (secondary N) is 1. The lowest BCUT2D eigenvalue weighted by Gasteiger charge is -2.28. The Balaban J connectivity index is 4.36. The molecule has 0 rings (SSSR count). The van der Waals surface area contributed by atoms with Crippen LogP contribution >= 0.6 is 0 Å². The summed E-state index contributed by atoms with van der Waals surface area (Å²) in [7, 11) is 0. The lowest BCUT2D eigenvalue weighted by atomic mass is 10.2. The maximum atomic E-state index is 11.6. The molecule has 0 fully saturated rings. The SMILES string of the molecule is C=CCCN(NC(=O)OC(C)(C)C)[C@@H](C)C=C. The predicted molar refractivity (Wildman–Crippen MR) is 70.5 cm³/mol. The molecule has 0 saturated carbocycles. The van der Waals surface area contributed by atoms with Crippen molar-refractivity contribution >= 4 is 6.09 Å². The van der Waals surface area contributed by atoms with Gasteiger partial charge in [0.15, 0.2) is 0 Å². The van der Waals surface area contributed by atoms with Gasteiger partial charge in [0.2, 0.25) is 0 Å². The van der Waals surface area contributed by atoms with Crippen LogP contribution in [0, 0.1) is 0 Å². The zero-order valence-corrected chi connectivity index (χ0v) is 11.3. The fraction of sp³-hybridized carbons (Fsp3) is 0.615. The topological polar surface area (TPSA) is 41.6 Å². The average molecular weight is 240 g/mol. The Kier molecular flexibility index (Phi) is 6.58. The van der Waals surface area contributed by atoms with Gasteiger partial charge in [-0.15, -0.1) is 13.2 Å². The number of carbonyl (C=O) groups is 1. The van der Waals surface area contributed by atoms with E-state index in [-0.39, 0.29) is 6.04 Å². The number of hydrazine groups is 1. The van der Waals surface area contributed by atoms with Gasteiger partial charge < -0.3 is 4.74 Å². The summed E-state index contributed by atoms with van der Waals surface area (Å²) in [5.41, 5.74) is 2.22. The summed E-state index contributed by atoms with van der Waals surface area (Å²) in [5.74, 6) is 0. The van der Waals surface area contributed by atoms with Crippen LogP contribution in [0.5, 0.6) is 0 Å². The number of carbonyl (C=O) groups excluding carboxylic acids is 1. The molecular formula is C13H24N2O2. The van der Waals surface area contributed by atoms with Gasteiger partial charge in [0.25, 0.3) is 0 Å². The maximum absolute atomic E-state index is 11.6. The van der Waals surface area contributed by atoms with Crippen molar-refractivity contribution in [2.75, 3.05) is 6.54 Å². The van der Waals surface area contributed by atoms with E-state index in [9.17, 15) is 4.79 Å². The molecule has 0 aromatic heterocycles. The van der Waals surface area contributed by atoms with Crippen LogP contribution in [0.1, 0.15) is 34.1 Å². The van der Waals surface area contributed by atoms with E-state index in [1.807, 2.05) is 27.7 Å². The fourth-order valence-electron chi connectivity index (χ4n) is 1.14. The maximum Gasteiger partial charge on any atom is 0.422 e. The minimum absolute atomic E-state index is 0.0440. The summed E-state index contributed by atoms with van der Waals surface area (Å²) in [6.45, 7) is 15.5. The van der Waals surface area contributed by atoms with Crippen LogP contribution < -0.4 is 5.43 Å². The van der Waals surface area contributed by atoms with Crippen LogP contribution in [0.3, 0.4) is 0 Å². The van der Waals surface area contributed by atoms with Crippen LogP contribution in [-0.4, -0.2) is 29.3 Å². The first-order valence-electron chi connectivity index (χ1n) is 5.80. The number of amides is 1. The summed E-state index contributed by atoms with van der Waals surface area (Å²) in [6.07, 6.45) is 3.91. The van der Waals surface area contributed by atoms with E-state index in [2.05, 4.69) is 18.6 Å². The van der Waals surface area contributed by atoms with Crippen LogP contribution in [0.25, 0.3) is 0 Å². The van der Waals surface area contributed by atoms with E-state index in [1.165, 1.54) is 0 Å². The van der Waals surface area contributed by atoms with Gasteiger partial charge in [0, 0.05) is 12.6 Å². The van der Waals surface area contributed by atoms with Crippen LogP contribution in [0.15, 0.2) is 25.3 Å². The molecule has 0 spiro atoms. The molecular weight excluding hydrogens is 216 g/mol. The second-order valence-corrected chi connectivity index (χ2v) is 4.86. The van der Waals surface area contributed by atoms with Gasteiger partial charge in [-0.05, 0) is 34.1 Å². The van der Waals surface area contributed by atoms with E-state index >= 15 is 0 Å². The molecule has 0 bridgehead atoms. The fourth-order valence-corrected chi connectivity index (χ4v) is 1.14. The molecule has 0 heterocycles. The van der Waals surface area contributed by atoms with Crippen molar-refractivity contribution in [1.82, 2.24) is 10.4 Å². The number of nitrogens with zero attached hydrogens (tertiary/aromatic N) is 1. The Labute approximate surface area is 104 Å². The summed E-state index contributed by atoms with van der Waals surface area (Å²) in [4.78, 5) is 11.6. The largest absolute Gasteiger partial charge is 0.443 e. The van der Waals surface area contributed by atoms with Gasteiger partial charge in [-0.1, -0.05) is 12.2 Å². The predicted octanol–water partition coefficient (Wildman–Crippen LogP) is 2.88. The van der Waals surface area contributed by atoms with Crippen molar-refractivity contribution in [3.63, 3.8) is 0 Å². The Morgan fingerprint density at radius 1 is 1.47 bits per heavy atom. The first-order chi connectivity index (χ1) is 7.80. The van der Waals surface area contributed by atoms with Crippen LogP contribution in [-0.2, 0) is 4.74 Å². The van der Waals surface area contributed by atoms with Gasteiger partial charge in [0.1, 0.15) is 5.60 Å². The van der Waals surface area contributed by atoms with E-state index in [0.717, 1.165) is 6.42 Å². The molecule has 0 radical (unpaired) electrons. The van der Waals surface area contributed by atoms with Crippen LogP contribution in [0.2, 0.25) is 0 Å². The number of ether oxygens (including phenoxy) is 1. The zero-order chi connectivity index (χ0) is 13.5. The molecule has 0 aromatic carbocycles. The molecule has 0 aromatic rings. The van der Waals surface area contributed by atoms with Crippen molar-refractivity contribution in [3.8, 4) is 0 Å². The van der Waals surface area contributed by atoms with E-state index < -0.39 is 11.7 Å². The smallest absolute Gasteiger partial charge is 0.422 e. The van der Waals surface area contributed by atoms with Crippen molar-refractivity contribution in [2.24, 2.45) is 0 Å². The molecule has 0 aliphatic carbocycles. The van der Waals surface area contributed by atoms with Crippen LogP contribution in [0.4, 0.5) is 4.79 Å². The Morgan fingerprint density at radius 2 is 2.06 bits per heavy atom. The Hall–Kier alpha value is -1.29. The minimum atomic E-state index is -0.494. The summed E-state index contributed by atoms with van der Waals surface area (Å²) in [6, 6.07) is 0.0440. The minimum Gasteiger partial charge on any atom is -0.443 e. The Morgan fingerprint density at radius 3 is 2.47 bits per heavy atom. The number of hydrogen-bond acceptors (Lipinski definition) is 3. The molecule has 1 amide bonds. The highest BCUT2D eigenvalue weighted by Crippen LogP contribution is 2.07. The van der Waals surface area contributed by atoms with E-state index in [4.69, 9.17) is 4.74 Å². The summed E-state index contributed by atoms with van der Waals surface area (Å²) in [5, 5.41) is 1.78. The molecule has 0 aliphatic rings. The van der Waals surface area contributed by atoms with Crippen molar-refractivity contribution in [3.05, 3.63) is 25.3 Å². The van der Waals surface area contributed by atoms with Gasteiger partial charge in [-0.2, -0.15) is 0 Å². The highest BCUT2D eigenvalue weighted by Gasteiger charge is 2.19. The second-order valence-electron chi connectivity index (χ2n) is 4.86. The molecule has 1 N–H and O–H groups in total. The van der Waals surface area contributed by atoms with Gasteiger partial charge in [-0.25, -0.2) is 9.80 Å². The zero-order valence-electron chi connectivity index (χ0n) is 11.3. The Bertz CT molecular complexity index is 269. The standard InChI is InChI=1S/C13H24N2O2/c1-7-9-10-15(11(3)8-2)14-12(16)17-13(4,5)6/h7-8,11H,1-2,9-10H2,3-6H3,(H,14,16)/t11-/m0/s1. The third kappa shape index (κ3) is 7.58. The van der Waals surface area contributed by atoms with Crippen molar-refractivity contribution in [2.45, 2.75) is 45.8 Å².